The van der Waals surface area contributed by atoms with Gasteiger partial charge in [0, 0.05) is 25.2 Å². The number of amides is 1. The second-order valence-electron chi connectivity index (χ2n) is 7.55. The molecule has 1 amide bonds. The number of nitrogens with zero attached hydrogens (tertiary/aromatic N) is 1. The number of carbonyl (C=O) groups is 1. The number of nitrogens with one attached hydrogen (secondary N) is 1. The zero-order valence-corrected chi connectivity index (χ0v) is 18.4. The molecule has 0 bridgehead atoms. The van der Waals surface area contributed by atoms with E-state index in [1.165, 1.54) is 23.1 Å². The van der Waals surface area contributed by atoms with Crippen molar-refractivity contribution in [2.45, 2.75) is 11.4 Å². The Bertz CT molecular complexity index is 1340. The van der Waals surface area contributed by atoms with Crippen molar-refractivity contribution in [1.82, 2.24) is 4.90 Å². The molecule has 170 valence electrons. The van der Waals surface area contributed by atoms with Gasteiger partial charge in [-0.2, -0.15) is 0 Å². The van der Waals surface area contributed by atoms with Crippen molar-refractivity contribution < 1.29 is 32.2 Å². The van der Waals surface area contributed by atoms with Crippen LogP contribution in [0.5, 0.6) is 23.0 Å². The Hall–Kier alpha value is -3.92. The molecule has 0 spiro atoms. The first-order chi connectivity index (χ1) is 15.9. The molecule has 5 rings (SSSR count). The number of anilines is 1. The van der Waals surface area contributed by atoms with Gasteiger partial charge in [0.1, 0.15) is 0 Å². The molecule has 0 saturated carbocycles. The zero-order valence-electron chi connectivity index (χ0n) is 17.6. The summed E-state index contributed by atoms with van der Waals surface area (Å²) in [4.78, 5) is 14.5. The van der Waals surface area contributed by atoms with Crippen LogP contribution in [0.1, 0.15) is 15.9 Å². The molecular weight excluding hydrogens is 448 g/mol. The number of ether oxygens (including phenoxy) is 4. The maximum atomic E-state index is 13.0. The smallest absolute Gasteiger partial charge is 0.261 e. The molecule has 0 saturated heterocycles. The molecule has 1 N–H and O–H groups in total. The average Bonchev–Trinajstić information content (AvgIpc) is 3.47. The number of rotatable bonds is 6. The van der Waals surface area contributed by atoms with Crippen LogP contribution < -0.4 is 23.7 Å². The Balaban J connectivity index is 1.32. The number of sulfonamides is 1. The molecule has 2 heterocycles. The Morgan fingerprint density at radius 2 is 1.55 bits per heavy atom. The van der Waals surface area contributed by atoms with E-state index in [0.717, 1.165) is 5.56 Å². The van der Waals surface area contributed by atoms with Crippen molar-refractivity contribution >= 4 is 21.6 Å². The molecule has 3 aromatic carbocycles. The third-order valence-corrected chi connectivity index (χ3v) is 6.60. The molecule has 2 aliphatic heterocycles. The van der Waals surface area contributed by atoms with E-state index < -0.39 is 10.0 Å². The van der Waals surface area contributed by atoms with Gasteiger partial charge in [-0.15, -0.1) is 0 Å². The topological polar surface area (TPSA) is 103 Å². The second kappa shape index (κ2) is 8.21. The van der Waals surface area contributed by atoms with Crippen LogP contribution in [0.25, 0.3) is 0 Å². The summed E-state index contributed by atoms with van der Waals surface area (Å²) < 4.78 is 49.5. The monoisotopic (exact) mass is 468 g/mol. The summed E-state index contributed by atoms with van der Waals surface area (Å²) in [7, 11) is -2.27. The van der Waals surface area contributed by atoms with E-state index in [-0.39, 0.29) is 30.0 Å². The van der Waals surface area contributed by atoms with E-state index in [1.54, 1.807) is 37.4 Å². The first kappa shape index (κ1) is 21.0. The lowest BCUT2D eigenvalue weighted by Gasteiger charge is -2.18. The van der Waals surface area contributed by atoms with Crippen LogP contribution in [0.15, 0.2) is 65.6 Å². The molecule has 0 fully saturated rings. The minimum Gasteiger partial charge on any atom is -0.454 e. The normalized spacial score (nSPS) is 13.6. The van der Waals surface area contributed by atoms with Crippen LogP contribution in [-0.2, 0) is 16.6 Å². The summed E-state index contributed by atoms with van der Waals surface area (Å²) in [6, 6.07) is 16.1. The fraction of sp³-hybridized carbons (Fsp3) is 0.174. The molecule has 9 nitrogen and oxygen atoms in total. The summed E-state index contributed by atoms with van der Waals surface area (Å²) in [5.41, 5.74) is 1.45. The van der Waals surface area contributed by atoms with Crippen LogP contribution >= 0.6 is 0 Å². The molecule has 10 heteroatoms. The molecule has 3 aromatic rings. The summed E-state index contributed by atoms with van der Waals surface area (Å²) in [5.74, 6) is 2.00. The third-order valence-electron chi connectivity index (χ3n) is 5.22. The van der Waals surface area contributed by atoms with E-state index in [1.807, 2.05) is 12.1 Å². The molecule has 0 aliphatic carbocycles. The Morgan fingerprint density at radius 3 is 2.30 bits per heavy atom. The number of carbonyl (C=O) groups excluding carboxylic acids is 1. The van der Waals surface area contributed by atoms with Gasteiger partial charge in [0.05, 0.1) is 10.6 Å². The molecule has 0 unspecified atom stereocenters. The predicted molar refractivity (Wildman–Crippen MR) is 118 cm³/mol. The summed E-state index contributed by atoms with van der Waals surface area (Å²) in [5, 5.41) is 0. The standard InChI is InChI=1S/C23H20N2O7S/c1-25(12-15-5-7-19-21(9-15)31-13-29-19)23(26)16-3-2-4-18(10-16)33(27,28)24-17-6-8-20-22(11-17)32-14-30-20/h2-11,24H,12-14H2,1H3. The van der Waals surface area contributed by atoms with Crippen LogP contribution in [-0.4, -0.2) is 39.9 Å². The van der Waals surface area contributed by atoms with Gasteiger partial charge in [0.2, 0.25) is 13.6 Å². The zero-order chi connectivity index (χ0) is 23.0. The quantitative estimate of drug-likeness (QED) is 0.592. The minimum absolute atomic E-state index is 0.0255. The lowest BCUT2D eigenvalue weighted by Crippen LogP contribution is -2.26. The SMILES string of the molecule is CN(Cc1ccc2c(c1)OCO2)C(=O)c1cccc(S(=O)(=O)Nc2ccc3c(c2)OCO3)c1. The van der Waals surface area contributed by atoms with Gasteiger partial charge in [-0.1, -0.05) is 12.1 Å². The molecule has 33 heavy (non-hydrogen) atoms. The Morgan fingerprint density at radius 1 is 0.879 bits per heavy atom. The maximum absolute atomic E-state index is 13.0. The fourth-order valence-electron chi connectivity index (χ4n) is 3.58. The van der Waals surface area contributed by atoms with Gasteiger partial charge < -0.3 is 23.8 Å². The summed E-state index contributed by atoms with van der Waals surface area (Å²) in [6.07, 6.45) is 0. The Kier molecular flexibility index (Phi) is 5.21. The average molecular weight is 468 g/mol. The largest absolute Gasteiger partial charge is 0.454 e. The number of fused-ring (bicyclic) bond motifs is 2. The number of hydrogen-bond donors (Lipinski definition) is 1. The van der Waals surface area contributed by atoms with Crippen molar-refractivity contribution in [2.24, 2.45) is 0 Å². The number of hydrogen-bond acceptors (Lipinski definition) is 7. The summed E-state index contributed by atoms with van der Waals surface area (Å²) >= 11 is 0. The van der Waals surface area contributed by atoms with Gasteiger partial charge in [-0.3, -0.25) is 9.52 Å². The Labute approximate surface area is 190 Å². The van der Waals surface area contributed by atoms with Gasteiger partial charge in [0.15, 0.2) is 23.0 Å². The highest BCUT2D eigenvalue weighted by atomic mass is 32.2. The maximum Gasteiger partial charge on any atom is 0.261 e. The third kappa shape index (κ3) is 4.24. The molecule has 0 atom stereocenters. The van der Waals surface area contributed by atoms with Crippen molar-refractivity contribution in [1.29, 1.82) is 0 Å². The van der Waals surface area contributed by atoms with E-state index in [2.05, 4.69) is 4.72 Å². The first-order valence-corrected chi connectivity index (χ1v) is 11.5. The van der Waals surface area contributed by atoms with Gasteiger partial charge in [-0.25, -0.2) is 8.42 Å². The second-order valence-corrected chi connectivity index (χ2v) is 9.23. The summed E-state index contributed by atoms with van der Waals surface area (Å²) in [6.45, 7) is 0.590. The lowest BCUT2D eigenvalue weighted by atomic mass is 10.1. The van der Waals surface area contributed by atoms with Crippen LogP contribution in [0.3, 0.4) is 0 Å². The predicted octanol–water partition coefficient (Wildman–Crippen LogP) is 3.22. The van der Waals surface area contributed by atoms with E-state index in [0.29, 0.717) is 35.2 Å². The van der Waals surface area contributed by atoms with E-state index in [9.17, 15) is 13.2 Å². The number of benzene rings is 3. The van der Waals surface area contributed by atoms with Gasteiger partial charge >= 0.3 is 0 Å². The highest BCUT2D eigenvalue weighted by Gasteiger charge is 2.21. The van der Waals surface area contributed by atoms with Crippen molar-refractivity contribution in [3.8, 4) is 23.0 Å². The highest BCUT2D eigenvalue weighted by molar-refractivity contribution is 7.92. The first-order valence-electron chi connectivity index (χ1n) is 10.1. The van der Waals surface area contributed by atoms with Gasteiger partial charge in [-0.05, 0) is 48.0 Å². The van der Waals surface area contributed by atoms with E-state index in [4.69, 9.17) is 18.9 Å². The van der Waals surface area contributed by atoms with Crippen molar-refractivity contribution in [3.63, 3.8) is 0 Å². The lowest BCUT2D eigenvalue weighted by molar-refractivity contribution is 0.0784. The molecular formula is C23H20N2O7S. The molecule has 0 aromatic heterocycles. The van der Waals surface area contributed by atoms with Crippen LogP contribution in [0, 0.1) is 0 Å². The van der Waals surface area contributed by atoms with E-state index >= 15 is 0 Å². The van der Waals surface area contributed by atoms with Crippen LogP contribution in [0.2, 0.25) is 0 Å². The highest BCUT2D eigenvalue weighted by Crippen LogP contribution is 2.35. The van der Waals surface area contributed by atoms with Crippen molar-refractivity contribution in [2.75, 3.05) is 25.4 Å². The minimum atomic E-state index is -3.93. The van der Waals surface area contributed by atoms with Crippen molar-refractivity contribution in [3.05, 3.63) is 71.8 Å². The van der Waals surface area contributed by atoms with Gasteiger partial charge in [0.25, 0.3) is 15.9 Å². The molecule has 2 aliphatic rings. The molecule has 0 radical (unpaired) electrons. The van der Waals surface area contributed by atoms with Crippen LogP contribution in [0.4, 0.5) is 5.69 Å². The fourth-order valence-corrected chi connectivity index (χ4v) is 4.67.